The number of rotatable bonds is 3. The Kier molecular flexibility index (Phi) is 3.95. The van der Waals surface area contributed by atoms with Crippen LogP contribution in [0.2, 0.25) is 0 Å². The molecular weight excluding hydrogens is 136 g/mol. The van der Waals surface area contributed by atoms with E-state index in [1.807, 2.05) is 0 Å². The summed E-state index contributed by atoms with van der Waals surface area (Å²) in [6.45, 7) is 1.66. The molecule has 0 aliphatic carbocycles. The van der Waals surface area contributed by atoms with Gasteiger partial charge in [0.1, 0.15) is 6.42 Å². The number of carboxylic acids is 1. The van der Waals surface area contributed by atoms with Crippen LogP contribution in [0.1, 0.15) is 13.3 Å². The molecule has 0 spiro atoms. The number of allylic oxidation sites excluding steroid dienone is 1. The molecule has 0 radical (unpaired) electrons. The first-order valence-corrected chi connectivity index (χ1v) is 2.69. The molecule has 56 valence electrons. The van der Waals surface area contributed by atoms with Gasteiger partial charge in [0.05, 0.1) is 6.26 Å². The number of carbonyl (C=O) groups is 2. The van der Waals surface area contributed by atoms with Crippen molar-refractivity contribution in [3.63, 3.8) is 0 Å². The fourth-order valence-corrected chi connectivity index (χ4v) is 0.309. The molecule has 0 amide bonds. The Morgan fingerprint density at radius 1 is 1.60 bits per heavy atom. The quantitative estimate of drug-likeness (QED) is 0.356. The van der Waals surface area contributed by atoms with E-state index in [9.17, 15) is 9.59 Å². The smallest absolute Gasteiger partial charge is 0.321 e. The standard InChI is InChI=1S/C6H8O4/c1-2-3-10-6(9)4-5(7)8/h2-3H,4H2,1H3,(H,7,8). The highest BCUT2D eigenvalue weighted by molar-refractivity contribution is 5.90. The average Bonchev–Trinajstić information content (AvgIpc) is 1.82. The van der Waals surface area contributed by atoms with Crippen LogP contribution in [-0.4, -0.2) is 17.0 Å². The molecule has 0 unspecified atom stereocenters. The van der Waals surface area contributed by atoms with Crippen LogP contribution in [0.5, 0.6) is 0 Å². The predicted octanol–water partition coefficient (Wildman–Crippen LogP) is 0.538. The van der Waals surface area contributed by atoms with E-state index in [-0.39, 0.29) is 0 Å². The zero-order valence-electron chi connectivity index (χ0n) is 5.53. The van der Waals surface area contributed by atoms with E-state index in [4.69, 9.17) is 5.11 Å². The van der Waals surface area contributed by atoms with Crippen molar-refractivity contribution in [3.8, 4) is 0 Å². The van der Waals surface area contributed by atoms with Crippen LogP contribution in [0.3, 0.4) is 0 Å². The first-order valence-electron chi connectivity index (χ1n) is 2.69. The van der Waals surface area contributed by atoms with Gasteiger partial charge in [-0.3, -0.25) is 9.59 Å². The Hall–Kier alpha value is -1.32. The fraction of sp³-hybridized carbons (Fsp3) is 0.333. The number of esters is 1. The van der Waals surface area contributed by atoms with E-state index < -0.39 is 18.4 Å². The van der Waals surface area contributed by atoms with Gasteiger partial charge < -0.3 is 9.84 Å². The van der Waals surface area contributed by atoms with Crippen molar-refractivity contribution in [1.29, 1.82) is 0 Å². The summed E-state index contributed by atoms with van der Waals surface area (Å²) in [6, 6.07) is 0. The van der Waals surface area contributed by atoms with Gasteiger partial charge in [-0.15, -0.1) is 0 Å². The zero-order valence-corrected chi connectivity index (χ0v) is 5.53. The van der Waals surface area contributed by atoms with E-state index in [2.05, 4.69) is 4.74 Å². The number of carboxylic acid groups (broad SMARTS) is 1. The molecule has 0 aliphatic rings. The predicted molar refractivity (Wildman–Crippen MR) is 33.2 cm³/mol. The molecule has 0 saturated carbocycles. The molecule has 0 saturated heterocycles. The van der Waals surface area contributed by atoms with Crippen molar-refractivity contribution in [2.45, 2.75) is 13.3 Å². The lowest BCUT2D eigenvalue weighted by Crippen LogP contribution is -2.07. The summed E-state index contributed by atoms with van der Waals surface area (Å²) in [5, 5.41) is 8.06. The number of hydrogen-bond acceptors (Lipinski definition) is 3. The van der Waals surface area contributed by atoms with E-state index in [1.165, 1.54) is 6.08 Å². The first-order chi connectivity index (χ1) is 4.66. The normalized spacial score (nSPS) is 9.70. The van der Waals surface area contributed by atoms with Crippen LogP contribution in [-0.2, 0) is 14.3 Å². The zero-order chi connectivity index (χ0) is 7.98. The number of hydrogen-bond donors (Lipinski definition) is 1. The summed E-state index contributed by atoms with van der Waals surface area (Å²) in [5.74, 6) is -1.94. The molecule has 10 heavy (non-hydrogen) atoms. The minimum absolute atomic E-state index is 0.593. The SMILES string of the molecule is CC=COC(=O)CC(=O)O. The molecule has 0 atom stereocenters. The maximum Gasteiger partial charge on any atom is 0.321 e. The highest BCUT2D eigenvalue weighted by Crippen LogP contribution is 1.86. The van der Waals surface area contributed by atoms with E-state index in [0.29, 0.717) is 0 Å². The highest BCUT2D eigenvalue weighted by atomic mass is 16.5. The Morgan fingerprint density at radius 2 is 2.20 bits per heavy atom. The average molecular weight is 144 g/mol. The maximum absolute atomic E-state index is 10.4. The summed E-state index contributed by atoms with van der Waals surface area (Å²) in [7, 11) is 0. The monoisotopic (exact) mass is 144 g/mol. The van der Waals surface area contributed by atoms with Crippen molar-refractivity contribution >= 4 is 11.9 Å². The highest BCUT2D eigenvalue weighted by Gasteiger charge is 2.06. The third-order valence-corrected chi connectivity index (χ3v) is 0.631. The second kappa shape index (κ2) is 4.55. The van der Waals surface area contributed by atoms with Crippen LogP contribution < -0.4 is 0 Å². The van der Waals surface area contributed by atoms with Gasteiger partial charge in [-0.1, -0.05) is 6.08 Å². The molecule has 0 fully saturated rings. The van der Waals surface area contributed by atoms with Crippen LogP contribution in [0.25, 0.3) is 0 Å². The van der Waals surface area contributed by atoms with Gasteiger partial charge in [-0.2, -0.15) is 0 Å². The van der Waals surface area contributed by atoms with Gasteiger partial charge in [-0.05, 0) is 6.92 Å². The lowest BCUT2D eigenvalue weighted by Gasteiger charge is -1.92. The molecular formula is C6H8O4. The number of aliphatic carboxylic acids is 1. The van der Waals surface area contributed by atoms with Gasteiger partial charge in [-0.25, -0.2) is 0 Å². The van der Waals surface area contributed by atoms with E-state index in [1.54, 1.807) is 6.92 Å². The lowest BCUT2D eigenvalue weighted by molar-refractivity contribution is -0.147. The Bertz CT molecular complexity index is 159. The molecule has 0 bridgehead atoms. The van der Waals surface area contributed by atoms with E-state index >= 15 is 0 Å². The Balaban J connectivity index is 3.54. The van der Waals surface area contributed by atoms with Crippen molar-refractivity contribution in [1.82, 2.24) is 0 Å². The van der Waals surface area contributed by atoms with Crippen LogP contribution in [0, 0.1) is 0 Å². The first kappa shape index (κ1) is 8.68. The van der Waals surface area contributed by atoms with Gasteiger partial charge >= 0.3 is 11.9 Å². The molecule has 0 aromatic carbocycles. The van der Waals surface area contributed by atoms with Crippen LogP contribution in [0.15, 0.2) is 12.3 Å². The number of ether oxygens (including phenoxy) is 1. The summed E-state index contributed by atoms with van der Waals surface area (Å²) in [4.78, 5) is 20.2. The molecule has 0 aliphatic heterocycles. The Labute approximate surface area is 58.1 Å². The summed E-state index contributed by atoms with van der Waals surface area (Å²) < 4.78 is 4.30. The summed E-state index contributed by atoms with van der Waals surface area (Å²) in [5.41, 5.74) is 0. The minimum Gasteiger partial charge on any atom is -0.481 e. The minimum atomic E-state index is -1.19. The van der Waals surface area contributed by atoms with Crippen LogP contribution >= 0.6 is 0 Å². The van der Waals surface area contributed by atoms with Gasteiger partial charge in [0.15, 0.2) is 0 Å². The molecule has 0 aromatic rings. The third kappa shape index (κ3) is 4.83. The van der Waals surface area contributed by atoms with Gasteiger partial charge in [0.25, 0.3) is 0 Å². The molecule has 0 aromatic heterocycles. The largest absolute Gasteiger partial charge is 0.481 e. The fourth-order valence-electron chi connectivity index (χ4n) is 0.309. The third-order valence-electron chi connectivity index (χ3n) is 0.631. The van der Waals surface area contributed by atoms with Crippen molar-refractivity contribution in [3.05, 3.63) is 12.3 Å². The van der Waals surface area contributed by atoms with Gasteiger partial charge in [0, 0.05) is 0 Å². The van der Waals surface area contributed by atoms with E-state index in [0.717, 1.165) is 6.26 Å². The molecule has 4 nitrogen and oxygen atoms in total. The molecule has 0 heterocycles. The van der Waals surface area contributed by atoms with Crippen molar-refractivity contribution in [2.24, 2.45) is 0 Å². The van der Waals surface area contributed by atoms with Gasteiger partial charge in [0.2, 0.25) is 0 Å². The maximum atomic E-state index is 10.4. The van der Waals surface area contributed by atoms with Crippen molar-refractivity contribution in [2.75, 3.05) is 0 Å². The lowest BCUT2D eigenvalue weighted by atomic mass is 10.4. The number of carbonyl (C=O) groups excluding carboxylic acids is 1. The summed E-state index contributed by atoms with van der Waals surface area (Å²) in [6.07, 6.45) is 2.05. The molecule has 0 rings (SSSR count). The van der Waals surface area contributed by atoms with Crippen LogP contribution in [0.4, 0.5) is 0 Å². The molecule has 4 heteroatoms. The summed E-state index contributed by atoms with van der Waals surface area (Å²) >= 11 is 0. The second-order valence-electron chi connectivity index (χ2n) is 1.53. The Morgan fingerprint density at radius 3 is 2.60 bits per heavy atom. The molecule has 1 N–H and O–H groups in total. The van der Waals surface area contributed by atoms with Crippen molar-refractivity contribution < 1.29 is 19.4 Å². The topological polar surface area (TPSA) is 63.6 Å². The second-order valence-corrected chi connectivity index (χ2v) is 1.53.